The molecule has 0 saturated carbocycles. The standard InChI is InChI=1S/C28H33N3O3S/c1-16-9-8-10-17(2)25(16)29-24(32)15-31-26(33)23(35-27(31)34)13-20-12-21-19(4)14-28(5,6)30(7)22(21)11-18(20)3/h8-13,19H,14-15H2,1-7H3,(H,29,32)/b23-13+. The summed E-state index contributed by atoms with van der Waals surface area (Å²) in [6, 6.07) is 10.0. The molecule has 1 saturated heterocycles. The number of thioether (sulfide) groups is 1. The molecule has 1 fully saturated rings. The number of hydrogen-bond acceptors (Lipinski definition) is 5. The Hall–Kier alpha value is -3.06. The third-order valence-electron chi connectivity index (χ3n) is 7.23. The van der Waals surface area contributed by atoms with Gasteiger partial charge in [-0.1, -0.05) is 25.1 Å². The molecule has 0 spiro atoms. The maximum absolute atomic E-state index is 13.1. The number of para-hydroxylation sites is 1. The van der Waals surface area contributed by atoms with E-state index in [4.69, 9.17) is 0 Å². The van der Waals surface area contributed by atoms with E-state index in [1.54, 1.807) is 6.08 Å². The van der Waals surface area contributed by atoms with E-state index >= 15 is 0 Å². The Morgan fingerprint density at radius 1 is 1.14 bits per heavy atom. The van der Waals surface area contributed by atoms with Crippen LogP contribution in [0.3, 0.4) is 0 Å². The van der Waals surface area contributed by atoms with Crippen molar-refractivity contribution in [1.29, 1.82) is 0 Å². The lowest BCUT2D eigenvalue weighted by Crippen LogP contribution is -2.45. The van der Waals surface area contributed by atoms with Crippen LogP contribution in [0.25, 0.3) is 6.08 Å². The summed E-state index contributed by atoms with van der Waals surface area (Å²) in [5.41, 5.74) is 7.06. The van der Waals surface area contributed by atoms with Gasteiger partial charge in [0.15, 0.2) is 0 Å². The number of carbonyl (C=O) groups excluding carboxylic acids is 3. The van der Waals surface area contributed by atoms with Crippen molar-refractivity contribution < 1.29 is 14.4 Å². The molecule has 0 aliphatic carbocycles. The Bertz CT molecular complexity index is 1240. The molecule has 3 amide bonds. The highest BCUT2D eigenvalue weighted by Gasteiger charge is 2.37. The van der Waals surface area contributed by atoms with Gasteiger partial charge in [0.2, 0.25) is 5.91 Å². The molecule has 2 aromatic rings. The van der Waals surface area contributed by atoms with Gasteiger partial charge >= 0.3 is 0 Å². The van der Waals surface area contributed by atoms with Crippen LogP contribution in [-0.2, 0) is 9.59 Å². The number of nitrogens with one attached hydrogen (secondary N) is 1. The minimum absolute atomic E-state index is 0.0699. The molecule has 35 heavy (non-hydrogen) atoms. The Balaban J connectivity index is 1.55. The van der Waals surface area contributed by atoms with E-state index in [2.05, 4.69) is 50.2 Å². The number of rotatable bonds is 4. The van der Waals surface area contributed by atoms with E-state index in [1.165, 1.54) is 11.3 Å². The molecule has 0 bridgehead atoms. The van der Waals surface area contributed by atoms with Crippen LogP contribution in [-0.4, -0.2) is 41.1 Å². The zero-order valence-electron chi connectivity index (χ0n) is 21.5. The lowest BCUT2D eigenvalue weighted by Gasteiger charge is -2.45. The maximum Gasteiger partial charge on any atom is 0.294 e. The van der Waals surface area contributed by atoms with Gasteiger partial charge in [-0.2, -0.15) is 0 Å². The van der Waals surface area contributed by atoms with E-state index < -0.39 is 17.1 Å². The number of nitrogens with zero attached hydrogens (tertiary/aromatic N) is 2. The van der Waals surface area contributed by atoms with Crippen molar-refractivity contribution >= 4 is 46.3 Å². The van der Waals surface area contributed by atoms with Gasteiger partial charge < -0.3 is 10.2 Å². The maximum atomic E-state index is 13.1. The van der Waals surface area contributed by atoms with Gasteiger partial charge in [0, 0.05) is 24.0 Å². The number of fused-ring (bicyclic) bond motifs is 1. The molecule has 2 aromatic carbocycles. The van der Waals surface area contributed by atoms with E-state index in [9.17, 15) is 14.4 Å². The van der Waals surface area contributed by atoms with Gasteiger partial charge in [-0.25, -0.2) is 0 Å². The largest absolute Gasteiger partial charge is 0.369 e. The average molecular weight is 492 g/mol. The number of amides is 3. The first-order chi connectivity index (χ1) is 16.4. The van der Waals surface area contributed by atoms with Crippen molar-refractivity contribution in [2.75, 3.05) is 23.8 Å². The Labute approximate surface area is 211 Å². The quantitative estimate of drug-likeness (QED) is 0.531. The van der Waals surface area contributed by atoms with Crippen molar-refractivity contribution in [3.63, 3.8) is 0 Å². The van der Waals surface area contributed by atoms with Crippen LogP contribution in [0.1, 0.15) is 60.9 Å². The summed E-state index contributed by atoms with van der Waals surface area (Å²) in [5, 5.41) is 2.42. The molecule has 6 nitrogen and oxygen atoms in total. The first-order valence-electron chi connectivity index (χ1n) is 11.9. The first kappa shape index (κ1) is 25.0. The molecule has 2 aliphatic heterocycles. The topological polar surface area (TPSA) is 69.7 Å². The summed E-state index contributed by atoms with van der Waals surface area (Å²) in [5.74, 6) is -0.442. The number of aryl methyl sites for hydroxylation is 3. The van der Waals surface area contributed by atoms with Gasteiger partial charge in [0.1, 0.15) is 6.54 Å². The molecule has 1 N–H and O–H groups in total. The van der Waals surface area contributed by atoms with Gasteiger partial charge in [0.25, 0.3) is 11.1 Å². The fourth-order valence-corrected chi connectivity index (χ4v) is 5.83. The van der Waals surface area contributed by atoms with Crippen molar-refractivity contribution in [3.8, 4) is 0 Å². The highest BCUT2D eigenvalue weighted by molar-refractivity contribution is 8.18. The predicted molar refractivity (Wildman–Crippen MR) is 144 cm³/mol. The van der Waals surface area contributed by atoms with Gasteiger partial charge in [-0.3, -0.25) is 19.3 Å². The van der Waals surface area contributed by atoms with Crippen LogP contribution in [0.4, 0.5) is 16.2 Å². The van der Waals surface area contributed by atoms with E-state index in [0.29, 0.717) is 16.5 Å². The molecule has 1 unspecified atom stereocenters. The molecule has 7 heteroatoms. The number of carbonyl (C=O) groups is 3. The second kappa shape index (κ2) is 9.19. The molecule has 0 radical (unpaired) electrons. The molecular weight excluding hydrogens is 458 g/mol. The Morgan fingerprint density at radius 3 is 2.46 bits per heavy atom. The van der Waals surface area contributed by atoms with Crippen molar-refractivity contribution in [2.45, 2.75) is 59.4 Å². The summed E-state index contributed by atoms with van der Waals surface area (Å²) >= 11 is 0.887. The fraction of sp³-hybridized carbons (Fsp3) is 0.393. The normalized spacial score (nSPS) is 20.4. The molecule has 184 valence electrons. The van der Waals surface area contributed by atoms with Gasteiger partial charge in [0.05, 0.1) is 4.91 Å². The summed E-state index contributed by atoms with van der Waals surface area (Å²) in [6.45, 7) is 12.3. The minimum Gasteiger partial charge on any atom is -0.369 e. The second-order valence-electron chi connectivity index (χ2n) is 10.3. The lowest BCUT2D eigenvalue weighted by atomic mass is 9.79. The van der Waals surface area contributed by atoms with E-state index in [-0.39, 0.29) is 12.1 Å². The Morgan fingerprint density at radius 2 is 1.80 bits per heavy atom. The fourth-order valence-electron chi connectivity index (χ4n) is 5.00. The molecule has 2 aliphatic rings. The van der Waals surface area contributed by atoms with Crippen LogP contribution < -0.4 is 10.2 Å². The van der Waals surface area contributed by atoms with Gasteiger partial charge in [-0.05, 0) is 105 Å². The molecule has 0 aromatic heterocycles. The van der Waals surface area contributed by atoms with E-state index in [1.807, 2.05) is 39.0 Å². The van der Waals surface area contributed by atoms with Crippen molar-refractivity contribution in [2.24, 2.45) is 0 Å². The summed E-state index contributed by atoms with van der Waals surface area (Å²) in [7, 11) is 2.12. The van der Waals surface area contributed by atoms with Crippen LogP contribution in [0.15, 0.2) is 35.2 Å². The zero-order valence-corrected chi connectivity index (χ0v) is 22.3. The highest BCUT2D eigenvalue weighted by atomic mass is 32.2. The molecule has 1 atom stereocenters. The average Bonchev–Trinajstić information content (AvgIpc) is 3.03. The zero-order chi connectivity index (χ0) is 25.7. The lowest BCUT2D eigenvalue weighted by molar-refractivity contribution is -0.127. The molecular formula is C28H33N3O3S. The summed E-state index contributed by atoms with van der Waals surface area (Å²) in [4.78, 5) is 42.1. The van der Waals surface area contributed by atoms with E-state index in [0.717, 1.165) is 45.3 Å². The molecule has 2 heterocycles. The predicted octanol–water partition coefficient (Wildman–Crippen LogP) is 6.01. The first-order valence-corrected chi connectivity index (χ1v) is 12.7. The number of hydrogen-bond donors (Lipinski definition) is 1. The van der Waals surface area contributed by atoms with Gasteiger partial charge in [-0.15, -0.1) is 0 Å². The van der Waals surface area contributed by atoms with Crippen molar-refractivity contribution in [1.82, 2.24) is 4.90 Å². The smallest absolute Gasteiger partial charge is 0.294 e. The summed E-state index contributed by atoms with van der Waals surface area (Å²) < 4.78 is 0. The Kier molecular flexibility index (Phi) is 6.58. The molecule has 4 rings (SSSR count). The summed E-state index contributed by atoms with van der Waals surface area (Å²) in [6.07, 6.45) is 2.82. The monoisotopic (exact) mass is 491 g/mol. The SMILES string of the molecule is Cc1cc2c(cc1/C=C1/SC(=O)N(CC(=O)Nc3c(C)cccc3C)C1=O)C(C)CC(C)(C)N2C. The number of benzene rings is 2. The van der Waals surface area contributed by atoms with Crippen LogP contribution in [0.5, 0.6) is 0 Å². The van der Waals surface area contributed by atoms with Crippen LogP contribution in [0.2, 0.25) is 0 Å². The van der Waals surface area contributed by atoms with Crippen LogP contribution in [0, 0.1) is 20.8 Å². The third kappa shape index (κ3) is 4.74. The van der Waals surface area contributed by atoms with Crippen molar-refractivity contribution in [3.05, 3.63) is 63.1 Å². The highest BCUT2D eigenvalue weighted by Crippen LogP contribution is 2.44. The number of anilines is 2. The van der Waals surface area contributed by atoms with Crippen LogP contribution >= 0.6 is 11.8 Å². The minimum atomic E-state index is -0.430. The third-order valence-corrected chi connectivity index (χ3v) is 8.14. The second-order valence-corrected chi connectivity index (χ2v) is 11.3. The number of imide groups is 1.